The van der Waals surface area contributed by atoms with Crippen molar-refractivity contribution in [3.05, 3.63) is 118 Å². The lowest BCUT2D eigenvalue weighted by atomic mass is 10.0. The van der Waals surface area contributed by atoms with Crippen LogP contribution in [0.1, 0.15) is 28.6 Å². The minimum atomic E-state index is -0.417. The van der Waals surface area contributed by atoms with E-state index >= 15 is 0 Å². The second-order valence-electron chi connectivity index (χ2n) is 10.0. The van der Waals surface area contributed by atoms with Crippen molar-refractivity contribution >= 4 is 16.6 Å². The number of aromatic amines is 1. The minimum Gasteiger partial charge on any atom is -0.369 e. The van der Waals surface area contributed by atoms with E-state index < -0.39 is 6.04 Å². The molecular formula is C30H30FN7O. The first-order valence-electron chi connectivity index (χ1n) is 13.2. The van der Waals surface area contributed by atoms with Crippen LogP contribution in [0.2, 0.25) is 0 Å². The third kappa shape index (κ3) is 5.31. The molecule has 0 saturated carbocycles. The largest absolute Gasteiger partial charge is 0.369 e. The summed E-state index contributed by atoms with van der Waals surface area (Å²) < 4.78 is 15.3. The molecular weight excluding hydrogens is 493 g/mol. The number of aryl methyl sites for hydroxylation is 3. The quantitative estimate of drug-likeness (QED) is 0.346. The van der Waals surface area contributed by atoms with Crippen LogP contribution in [-0.4, -0.2) is 56.3 Å². The fourth-order valence-electron chi connectivity index (χ4n) is 5.38. The highest BCUT2D eigenvalue weighted by molar-refractivity contribution is 5.79. The van der Waals surface area contributed by atoms with E-state index in [2.05, 4.69) is 48.5 Å². The molecule has 3 heterocycles. The summed E-state index contributed by atoms with van der Waals surface area (Å²) in [5.41, 5.74) is 4.59. The van der Waals surface area contributed by atoms with Gasteiger partial charge in [0.2, 0.25) is 0 Å². The van der Waals surface area contributed by atoms with E-state index in [9.17, 15) is 9.18 Å². The highest BCUT2D eigenvalue weighted by atomic mass is 19.1. The van der Waals surface area contributed by atoms with Gasteiger partial charge in [-0.2, -0.15) is 0 Å². The van der Waals surface area contributed by atoms with Gasteiger partial charge < -0.3 is 9.88 Å². The van der Waals surface area contributed by atoms with Gasteiger partial charge in [-0.05, 0) is 77.2 Å². The number of nitrogens with one attached hydrogen (secondary N) is 1. The van der Waals surface area contributed by atoms with Crippen LogP contribution in [0.5, 0.6) is 0 Å². The second-order valence-corrected chi connectivity index (χ2v) is 10.0. The maximum Gasteiger partial charge on any atom is 0.253 e. The summed E-state index contributed by atoms with van der Waals surface area (Å²) >= 11 is 0. The van der Waals surface area contributed by atoms with Crippen LogP contribution < -0.4 is 10.5 Å². The van der Waals surface area contributed by atoms with Crippen LogP contribution in [0, 0.1) is 12.7 Å². The Balaban J connectivity index is 1.35. The summed E-state index contributed by atoms with van der Waals surface area (Å²) in [6.07, 6.45) is 0.775. The molecule has 6 rings (SSSR count). The molecule has 0 bridgehead atoms. The average molecular weight is 524 g/mol. The molecule has 0 aliphatic carbocycles. The zero-order valence-electron chi connectivity index (χ0n) is 21.8. The van der Waals surface area contributed by atoms with Crippen molar-refractivity contribution in [2.75, 3.05) is 31.1 Å². The lowest BCUT2D eigenvalue weighted by Gasteiger charge is -2.39. The zero-order valence-corrected chi connectivity index (χ0v) is 21.8. The van der Waals surface area contributed by atoms with Crippen LogP contribution >= 0.6 is 0 Å². The molecule has 1 atom stereocenters. The maximum atomic E-state index is 13.5. The summed E-state index contributed by atoms with van der Waals surface area (Å²) in [7, 11) is 0. The molecule has 1 saturated heterocycles. The number of halogens is 1. The van der Waals surface area contributed by atoms with Gasteiger partial charge in [0.1, 0.15) is 11.9 Å². The number of hydrogen-bond donors (Lipinski definition) is 1. The van der Waals surface area contributed by atoms with E-state index in [1.807, 2.05) is 60.1 Å². The van der Waals surface area contributed by atoms with Gasteiger partial charge in [0.05, 0.1) is 0 Å². The first-order valence-corrected chi connectivity index (χ1v) is 13.2. The van der Waals surface area contributed by atoms with E-state index in [0.717, 1.165) is 41.7 Å². The Hall–Kier alpha value is -4.37. The number of H-pyrrole nitrogens is 1. The number of benzene rings is 3. The standard InChI is InChI=1S/C30H30FN7O/c1-21-7-12-27-23(19-21)20-26(30(39)32-27)28(29-33-34-35-38(29)14-13-22-5-3-2-4-6-22)37-17-15-36(16-18-37)25-10-8-24(31)9-11-25/h2-12,19-20,28H,13-18H2,1H3,(H,32,39). The Kier molecular flexibility index (Phi) is 6.89. The van der Waals surface area contributed by atoms with Gasteiger partial charge in [-0.1, -0.05) is 42.0 Å². The molecule has 1 aliphatic heterocycles. The lowest BCUT2D eigenvalue weighted by Crippen LogP contribution is -2.49. The molecule has 9 heteroatoms. The Morgan fingerprint density at radius 2 is 1.72 bits per heavy atom. The van der Waals surface area contributed by atoms with Crippen molar-refractivity contribution < 1.29 is 4.39 Å². The van der Waals surface area contributed by atoms with Gasteiger partial charge >= 0.3 is 0 Å². The fourth-order valence-corrected chi connectivity index (χ4v) is 5.38. The molecule has 3 aromatic carbocycles. The Bertz CT molecular complexity index is 1620. The third-order valence-corrected chi connectivity index (χ3v) is 7.45. The van der Waals surface area contributed by atoms with Crippen molar-refractivity contribution in [1.29, 1.82) is 0 Å². The second kappa shape index (κ2) is 10.8. The van der Waals surface area contributed by atoms with Crippen molar-refractivity contribution in [2.45, 2.75) is 25.9 Å². The number of aromatic nitrogens is 5. The number of pyridine rings is 1. The van der Waals surface area contributed by atoms with Gasteiger partial charge in [0.25, 0.3) is 5.56 Å². The van der Waals surface area contributed by atoms with Crippen LogP contribution in [0.3, 0.4) is 0 Å². The van der Waals surface area contributed by atoms with Crippen LogP contribution in [0.15, 0.2) is 83.7 Å². The first-order chi connectivity index (χ1) is 19.0. The Morgan fingerprint density at radius 1 is 0.949 bits per heavy atom. The monoisotopic (exact) mass is 523 g/mol. The van der Waals surface area contributed by atoms with Crippen LogP contribution in [0.4, 0.5) is 10.1 Å². The number of hydrogen-bond acceptors (Lipinski definition) is 6. The summed E-state index contributed by atoms with van der Waals surface area (Å²) in [6.45, 7) is 5.50. The van der Waals surface area contributed by atoms with Crippen LogP contribution in [0.25, 0.3) is 10.9 Å². The zero-order chi connectivity index (χ0) is 26.8. The molecule has 1 fully saturated rings. The minimum absolute atomic E-state index is 0.144. The smallest absolute Gasteiger partial charge is 0.253 e. The van der Waals surface area contributed by atoms with Crippen molar-refractivity contribution in [3.8, 4) is 0 Å². The van der Waals surface area contributed by atoms with Gasteiger partial charge in [0, 0.05) is 49.5 Å². The summed E-state index contributed by atoms with van der Waals surface area (Å²) in [5, 5.41) is 13.8. The molecule has 198 valence electrons. The van der Waals surface area contributed by atoms with Crippen molar-refractivity contribution in [2.24, 2.45) is 0 Å². The van der Waals surface area contributed by atoms with Gasteiger partial charge in [0.15, 0.2) is 5.82 Å². The molecule has 8 nitrogen and oxygen atoms in total. The number of nitrogens with zero attached hydrogens (tertiary/aromatic N) is 6. The van der Waals surface area contributed by atoms with Crippen molar-refractivity contribution in [1.82, 2.24) is 30.1 Å². The average Bonchev–Trinajstić information content (AvgIpc) is 3.42. The molecule has 0 radical (unpaired) electrons. The summed E-state index contributed by atoms with van der Waals surface area (Å²) in [6, 6.07) is 24.4. The van der Waals surface area contributed by atoms with Gasteiger partial charge in [-0.15, -0.1) is 5.10 Å². The molecule has 1 aliphatic rings. The first kappa shape index (κ1) is 24.9. The van der Waals surface area contributed by atoms with Gasteiger partial charge in [-0.25, -0.2) is 9.07 Å². The predicted octanol–water partition coefficient (Wildman–Crippen LogP) is 4.12. The number of anilines is 1. The topological polar surface area (TPSA) is 82.9 Å². The van der Waals surface area contributed by atoms with Crippen molar-refractivity contribution in [3.63, 3.8) is 0 Å². The van der Waals surface area contributed by atoms with Gasteiger partial charge in [-0.3, -0.25) is 9.69 Å². The molecule has 2 aromatic heterocycles. The Morgan fingerprint density at radius 3 is 2.49 bits per heavy atom. The third-order valence-electron chi connectivity index (χ3n) is 7.45. The molecule has 39 heavy (non-hydrogen) atoms. The molecule has 1 N–H and O–H groups in total. The molecule has 1 unspecified atom stereocenters. The summed E-state index contributed by atoms with van der Waals surface area (Å²) in [5.74, 6) is 0.407. The fraction of sp³-hybridized carbons (Fsp3) is 0.267. The Labute approximate surface area is 225 Å². The normalized spacial score (nSPS) is 15.1. The van der Waals surface area contributed by atoms with E-state index in [-0.39, 0.29) is 11.4 Å². The number of fused-ring (bicyclic) bond motifs is 1. The van der Waals surface area contributed by atoms with E-state index in [1.165, 1.54) is 17.7 Å². The number of piperazine rings is 1. The predicted molar refractivity (Wildman–Crippen MR) is 149 cm³/mol. The molecule has 0 spiro atoms. The van der Waals surface area contributed by atoms with E-state index in [0.29, 0.717) is 31.0 Å². The lowest BCUT2D eigenvalue weighted by molar-refractivity contribution is 0.199. The number of tetrazole rings is 1. The highest BCUT2D eigenvalue weighted by Gasteiger charge is 2.32. The molecule has 0 amide bonds. The number of rotatable bonds is 7. The maximum absolute atomic E-state index is 13.5. The van der Waals surface area contributed by atoms with E-state index in [4.69, 9.17) is 0 Å². The highest BCUT2D eigenvalue weighted by Crippen LogP contribution is 2.29. The summed E-state index contributed by atoms with van der Waals surface area (Å²) in [4.78, 5) is 21.1. The SMILES string of the molecule is Cc1ccc2[nH]c(=O)c(C(c3nnnn3CCc3ccccc3)N3CCN(c4ccc(F)cc4)CC3)cc2c1. The van der Waals surface area contributed by atoms with E-state index in [1.54, 1.807) is 0 Å². The van der Waals surface area contributed by atoms with Crippen LogP contribution in [-0.2, 0) is 13.0 Å². The molecule has 5 aromatic rings.